The van der Waals surface area contributed by atoms with E-state index in [2.05, 4.69) is 16.4 Å². The summed E-state index contributed by atoms with van der Waals surface area (Å²) in [7, 11) is 3.26. The van der Waals surface area contributed by atoms with Crippen molar-refractivity contribution in [3.63, 3.8) is 0 Å². The number of hydrogen-bond acceptors (Lipinski definition) is 4. The molecule has 0 atom stereocenters. The molecule has 1 aliphatic rings. The molecule has 0 saturated carbocycles. The Bertz CT molecular complexity index is 759. The van der Waals surface area contributed by atoms with Crippen LogP contribution in [0.15, 0.2) is 42.7 Å². The maximum absolute atomic E-state index is 12.5. The number of urea groups is 1. The van der Waals surface area contributed by atoms with Crippen LogP contribution in [0, 0.1) is 5.92 Å². The lowest BCUT2D eigenvalue weighted by Gasteiger charge is -2.32. The highest BCUT2D eigenvalue weighted by Gasteiger charge is 2.22. The molecule has 0 bridgehead atoms. The first kappa shape index (κ1) is 20.0. The van der Waals surface area contributed by atoms with E-state index in [4.69, 9.17) is 9.47 Å². The van der Waals surface area contributed by atoms with Crippen molar-refractivity contribution in [2.75, 3.05) is 33.9 Å². The topological polar surface area (TPSA) is 63.7 Å². The number of piperidine rings is 1. The predicted molar refractivity (Wildman–Crippen MR) is 109 cm³/mol. The van der Waals surface area contributed by atoms with Crippen molar-refractivity contribution in [2.24, 2.45) is 5.92 Å². The van der Waals surface area contributed by atoms with Gasteiger partial charge in [-0.1, -0.05) is 18.2 Å². The molecule has 2 heterocycles. The Morgan fingerprint density at radius 2 is 2.00 bits per heavy atom. The van der Waals surface area contributed by atoms with Crippen LogP contribution >= 0.6 is 0 Å². The maximum atomic E-state index is 12.5. The molecule has 2 amide bonds. The van der Waals surface area contributed by atoms with Gasteiger partial charge in [-0.3, -0.25) is 4.98 Å². The lowest BCUT2D eigenvalue weighted by Crippen LogP contribution is -2.45. The van der Waals surface area contributed by atoms with Crippen LogP contribution in [0.1, 0.15) is 24.0 Å². The minimum absolute atomic E-state index is 0.0155. The molecule has 6 heteroatoms. The molecule has 2 aromatic rings. The van der Waals surface area contributed by atoms with Crippen LogP contribution in [0.25, 0.3) is 0 Å². The van der Waals surface area contributed by atoms with Gasteiger partial charge >= 0.3 is 6.03 Å². The molecule has 1 N–H and O–H groups in total. The number of ether oxygens (including phenoxy) is 2. The van der Waals surface area contributed by atoms with Gasteiger partial charge in [-0.2, -0.15) is 0 Å². The summed E-state index contributed by atoms with van der Waals surface area (Å²) in [5, 5.41) is 3.03. The molecule has 1 fully saturated rings. The Morgan fingerprint density at radius 1 is 1.18 bits per heavy atom. The largest absolute Gasteiger partial charge is 0.493 e. The highest BCUT2D eigenvalue weighted by Crippen LogP contribution is 2.30. The average Bonchev–Trinajstić information content (AvgIpc) is 2.74. The molecule has 1 aliphatic heterocycles. The van der Waals surface area contributed by atoms with Crippen molar-refractivity contribution in [1.82, 2.24) is 15.2 Å². The number of carbonyl (C=O) groups is 1. The molecule has 0 unspecified atom stereocenters. The fourth-order valence-corrected chi connectivity index (χ4v) is 3.76. The van der Waals surface area contributed by atoms with Crippen molar-refractivity contribution in [2.45, 2.75) is 25.7 Å². The molecular weight excluding hydrogens is 354 g/mol. The Kier molecular flexibility index (Phi) is 7.12. The summed E-state index contributed by atoms with van der Waals surface area (Å²) in [5.41, 5.74) is 2.30. The molecule has 0 radical (unpaired) electrons. The second kappa shape index (κ2) is 9.97. The molecule has 0 aliphatic carbocycles. The van der Waals surface area contributed by atoms with Crippen LogP contribution < -0.4 is 14.8 Å². The fourth-order valence-electron chi connectivity index (χ4n) is 3.76. The first-order valence-electron chi connectivity index (χ1n) is 9.82. The van der Waals surface area contributed by atoms with Gasteiger partial charge in [0.1, 0.15) is 0 Å². The summed E-state index contributed by atoms with van der Waals surface area (Å²) in [5.74, 6) is 2.06. The second-order valence-corrected chi connectivity index (χ2v) is 7.13. The van der Waals surface area contributed by atoms with Crippen molar-refractivity contribution >= 4 is 6.03 Å². The van der Waals surface area contributed by atoms with E-state index < -0.39 is 0 Å². The van der Waals surface area contributed by atoms with Crippen LogP contribution in [0.4, 0.5) is 4.79 Å². The number of amides is 2. The van der Waals surface area contributed by atoms with Crippen LogP contribution in [-0.2, 0) is 12.8 Å². The van der Waals surface area contributed by atoms with E-state index in [9.17, 15) is 4.79 Å². The number of pyridine rings is 1. The van der Waals surface area contributed by atoms with Gasteiger partial charge in [-0.05, 0) is 54.9 Å². The third kappa shape index (κ3) is 5.15. The number of benzene rings is 1. The lowest BCUT2D eigenvalue weighted by atomic mass is 9.91. The molecule has 6 nitrogen and oxygen atoms in total. The van der Waals surface area contributed by atoms with Gasteiger partial charge in [0.25, 0.3) is 0 Å². The number of hydrogen-bond donors (Lipinski definition) is 1. The summed E-state index contributed by atoms with van der Waals surface area (Å²) < 4.78 is 10.8. The van der Waals surface area contributed by atoms with Gasteiger partial charge < -0.3 is 19.7 Å². The van der Waals surface area contributed by atoms with Gasteiger partial charge in [0.05, 0.1) is 14.2 Å². The molecule has 28 heavy (non-hydrogen) atoms. The normalized spacial score (nSPS) is 14.6. The van der Waals surface area contributed by atoms with Gasteiger partial charge in [0.15, 0.2) is 11.5 Å². The second-order valence-electron chi connectivity index (χ2n) is 7.13. The Morgan fingerprint density at radius 3 is 2.68 bits per heavy atom. The number of rotatable bonds is 7. The summed E-state index contributed by atoms with van der Waals surface area (Å²) >= 11 is 0. The molecule has 1 saturated heterocycles. The predicted octanol–water partition coefficient (Wildman–Crippen LogP) is 3.31. The van der Waals surface area contributed by atoms with Gasteiger partial charge in [0, 0.05) is 32.0 Å². The molecule has 3 rings (SSSR count). The zero-order valence-electron chi connectivity index (χ0n) is 16.7. The highest BCUT2D eigenvalue weighted by molar-refractivity contribution is 5.74. The Hall–Kier alpha value is -2.76. The van der Waals surface area contributed by atoms with Gasteiger partial charge in [-0.15, -0.1) is 0 Å². The number of likely N-dealkylation sites (tertiary alicyclic amines) is 1. The first-order valence-corrected chi connectivity index (χ1v) is 9.82. The quantitative estimate of drug-likeness (QED) is 0.797. The number of carbonyl (C=O) groups excluding carboxylic acids is 1. The van der Waals surface area contributed by atoms with E-state index in [-0.39, 0.29) is 6.03 Å². The van der Waals surface area contributed by atoms with E-state index in [0.717, 1.165) is 43.7 Å². The standard InChI is InChI=1S/C22H29N3O3/c1-27-20-7-3-6-19(21(20)28-2)8-12-24-22(26)25-13-9-17(10-14-25)15-18-5-4-11-23-16-18/h3-7,11,16-17H,8-10,12-15H2,1-2H3,(H,24,26). The summed E-state index contributed by atoms with van der Waals surface area (Å²) in [4.78, 5) is 18.6. The molecule has 1 aromatic heterocycles. The highest BCUT2D eigenvalue weighted by atomic mass is 16.5. The third-order valence-electron chi connectivity index (χ3n) is 5.30. The van der Waals surface area contributed by atoms with Crippen LogP contribution in [0.3, 0.4) is 0 Å². The Balaban J connectivity index is 1.43. The number of aromatic nitrogens is 1. The van der Waals surface area contributed by atoms with Crippen molar-refractivity contribution in [3.05, 3.63) is 53.9 Å². The van der Waals surface area contributed by atoms with Crippen LogP contribution in [0.2, 0.25) is 0 Å². The number of nitrogens with zero attached hydrogens (tertiary/aromatic N) is 2. The summed E-state index contributed by atoms with van der Waals surface area (Å²) in [6.07, 6.45) is 7.55. The molecule has 1 aromatic carbocycles. The van der Waals surface area contributed by atoms with Crippen molar-refractivity contribution in [1.29, 1.82) is 0 Å². The average molecular weight is 383 g/mol. The maximum Gasteiger partial charge on any atom is 0.317 e. The fraction of sp³-hybridized carbons (Fsp3) is 0.455. The number of methoxy groups -OCH3 is 2. The van der Waals surface area contributed by atoms with Crippen molar-refractivity contribution < 1.29 is 14.3 Å². The molecule has 150 valence electrons. The zero-order valence-corrected chi connectivity index (χ0v) is 16.7. The summed E-state index contributed by atoms with van der Waals surface area (Å²) in [6.45, 7) is 2.18. The lowest BCUT2D eigenvalue weighted by molar-refractivity contribution is 0.170. The Labute approximate surface area is 166 Å². The molecular formula is C22H29N3O3. The van der Waals surface area contributed by atoms with E-state index in [1.165, 1.54) is 5.56 Å². The minimum Gasteiger partial charge on any atom is -0.493 e. The molecule has 0 spiro atoms. The smallest absolute Gasteiger partial charge is 0.317 e. The monoisotopic (exact) mass is 383 g/mol. The SMILES string of the molecule is COc1cccc(CCNC(=O)N2CCC(Cc3cccnc3)CC2)c1OC. The third-order valence-corrected chi connectivity index (χ3v) is 5.30. The van der Waals surface area contributed by atoms with Gasteiger partial charge in [-0.25, -0.2) is 4.79 Å². The van der Waals surface area contributed by atoms with E-state index in [0.29, 0.717) is 24.6 Å². The van der Waals surface area contributed by atoms with Crippen LogP contribution in [-0.4, -0.2) is 49.8 Å². The van der Waals surface area contributed by atoms with E-state index in [1.807, 2.05) is 35.4 Å². The summed E-state index contributed by atoms with van der Waals surface area (Å²) in [6, 6.07) is 9.93. The first-order chi connectivity index (χ1) is 13.7. The van der Waals surface area contributed by atoms with E-state index >= 15 is 0 Å². The zero-order chi connectivity index (χ0) is 19.8. The van der Waals surface area contributed by atoms with Crippen molar-refractivity contribution in [3.8, 4) is 11.5 Å². The van der Waals surface area contributed by atoms with E-state index in [1.54, 1.807) is 20.4 Å². The number of nitrogens with one attached hydrogen (secondary N) is 1. The number of para-hydroxylation sites is 1. The van der Waals surface area contributed by atoms with Crippen LogP contribution in [0.5, 0.6) is 11.5 Å². The van der Waals surface area contributed by atoms with Gasteiger partial charge in [0.2, 0.25) is 0 Å². The minimum atomic E-state index is 0.0155.